The van der Waals surface area contributed by atoms with E-state index in [9.17, 15) is 4.79 Å². The lowest BCUT2D eigenvalue weighted by Crippen LogP contribution is -1.95. The second kappa shape index (κ2) is 5.65. The molecule has 0 bridgehead atoms. The minimum Gasteiger partial charge on any atom is -0.466 e. The van der Waals surface area contributed by atoms with Crippen LogP contribution in [0.2, 0.25) is 0 Å². The first-order valence-corrected chi connectivity index (χ1v) is 6.49. The Labute approximate surface area is 111 Å². The fourth-order valence-corrected chi connectivity index (χ4v) is 2.40. The van der Waals surface area contributed by atoms with E-state index in [-0.39, 0.29) is 5.97 Å². The van der Waals surface area contributed by atoms with Gasteiger partial charge in [-0.2, -0.15) is 0 Å². The van der Waals surface area contributed by atoms with Crippen molar-refractivity contribution in [3.63, 3.8) is 0 Å². The average Bonchev–Trinajstić information content (AvgIpc) is 2.92. The second-order valence-electron chi connectivity index (χ2n) is 3.91. The molecule has 0 spiro atoms. The molecule has 0 aliphatic rings. The molecule has 18 heavy (non-hydrogen) atoms. The van der Waals surface area contributed by atoms with Gasteiger partial charge in [0.15, 0.2) is 0 Å². The van der Waals surface area contributed by atoms with E-state index in [2.05, 4.69) is 28.3 Å². The van der Waals surface area contributed by atoms with E-state index >= 15 is 0 Å². The van der Waals surface area contributed by atoms with Gasteiger partial charge in [-0.3, -0.25) is 0 Å². The lowest BCUT2D eigenvalue weighted by Gasteiger charge is -2.04. The maximum absolute atomic E-state index is 11.2. The summed E-state index contributed by atoms with van der Waals surface area (Å²) in [6.07, 6.45) is 1.51. The predicted octanol–water partition coefficient (Wildman–Crippen LogP) is 3.99. The highest BCUT2D eigenvalue weighted by Crippen LogP contribution is 2.27. The summed E-state index contributed by atoms with van der Waals surface area (Å²) in [4.78, 5) is 12.4. The summed E-state index contributed by atoms with van der Waals surface area (Å²) in [5.41, 5.74) is 3.10. The van der Waals surface area contributed by atoms with Crippen LogP contribution in [0.3, 0.4) is 0 Å². The van der Waals surface area contributed by atoms with Gasteiger partial charge in [-0.25, -0.2) is 4.79 Å². The van der Waals surface area contributed by atoms with Gasteiger partial charge < -0.3 is 4.74 Å². The molecule has 0 unspecified atom stereocenters. The molecule has 0 atom stereocenters. The topological polar surface area (TPSA) is 26.3 Å². The molecule has 0 amide bonds. The van der Waals surface area contributed by atoms with Gasteiger partial charge in [0.2, 0.25) is 0 Å². The Balaban J connectivity index is 2.33. The third-order valence-corrected chi connectivity index (χ3v) is 3.58. The van der Waals surface area contributed by atoms with Crippen molar-refractivity contribution >= 4 is 22.9 Å². The van der Waals surface area contributed by atoms with Gasteiger partial charge in [0.1, 0.15) is 0 Å². The fraction of sp³-hybridized carbons (Fsp3) is 0.133. The molecule has 0 saturated heterocycles. The number of thiophene rings is 1. The van der Waals surface area contributed by atoms with Crippen molar-refractivity contribution in [1.82, 2.24) is 0 Å². The Hall–Kier alpha value is -1.87. The monoisotopic (exact) mass is 258 g/mol. The summed E-state index contributed by atoms with van der Waals surface area (Å²) >= 11 is 1.70. The van der Waals surface area contributed by atoms with E-state index in [1.165, 1.54) is 23.6 Å². The number of rotatable bonds is 3. The number of hydrogen-bond acceptors (Lipinski definition) is 3. The largest absolute Gasteiger partial charge is 0.466 e. The zero-order chi connectivity index (χ0) is 13.0. The number of carbonyl (C=O) groups is 1. The second-order valence-corrected chi connectivity index (χ2v) is 4.86. The minimum atomic E-state index is -0.325. The van der Waals surface area contributed by atoms with Gasteiger partial charge in [-0.1, -0.05) is 24.3 Å². The van der Waals surface area contributed by atoms with E-state index in [0.717, 1.165) is 11.1 Å². The third-order valence-electron chi connectivity index (χ3n) is 2.66. The van der Waals surface area contributed by atoms with Crippen LogP contribution < -0.4 is 0 Å². The predicted molar refractivity (Wildman–Crippen MR) is 75.4 cm³/mol. The highest BCUT2D eigenvalue weighted by molar-refractivity contribution is 7.13. The lowest BCUT2D eigenvalue weighted by atomic mass is 10.0. The van der Waals surface area contributed by atoms with Crippen LogP contribution in [0.15, 0.2) is 47.9 Å². The number of ether oxygens (including phenoxy) is 1. The van der Waals surface area contributed by atoms with Gasteiger partial charge in [0.05, 0.1) is 7.11 Å². The van der Waals surface area contributed by atoms with Crippen molar-refractivity contribution in [2.75, 3.05) is 7.11 Å². The minimum absolute atomic E-state index is 0.325. The smallest absolute Gasteiger partial charge is 0.330 e. The van der Waals surface area contributed by atoms with Crippen molar-refractivity contribution in [1.29, 1.82) is 0 Å². The molecule has 2 rings (SSSR count). The summed E-state index contributed by atoms with van der Waals surface area (Å²) in [7, 11) is 1.38. The van der Waals surface area contributed by atoms with E-state index in [1.807, 2.05) is 25.1 Å². The molecule has 1 aromatic heterocycles. The third kappa shape index (κ3) is 2.87. The Bertz CT molecular complexity index is 568. The fourth-order valence-electron chi connectivity index (χ4n) is 1.68. The zero-order valence-corrected chi connectivity index (χ0v) is 11.2. The highest BCUT2D eigenvalue weighted by atomic mass is 32.1. The van der Waals surface area contributed by atoms with Crippen molar-refractivity contribution in [2.24, 2.45) is 0 Å². The normalized spacial score (nSPS) is 11.3. The molecule has 1 heterocycles. The molecule has 92 valence electrons. The first-order chi connectivity index (χ1) is 8.70. The molecule has 1 aromatic carbocycles. The van der Waals surface area contributed by atoms with Gasteiger partial charge in [-0.15, -0.1) is 11.3 Å². The SMILES string of the molecule is COC(=O)/C=C(\C)c1cccc(-c2cccs2)c1. The van der Waals surface area contributed by atoms with Crippen LogP contribution in [0.25, 0.3) is 16.0 Å². The van der Waals surface area contributed by atoms with Crippen LogP contribution in [0, 0.1) is 0 Å². The van der Waals surface area contributed by atoms with E-state index in [0.29, 0.717) is 0 Å². The molecule has 0 aliphatic heterocycles. The number of methoxy groups -OCH3 is 1. The quantitative estimate of drug-likeness (QED) is 0.614. The average molecular weight is 258 g/mol. The molecule has 2 nitrogen and oxygen atoms in total. The first-order valence-electron chi connectivity index (χ1n) is 5.61. The molecule has 0 aliphatic carbocycles. The summed E-state index contributed by atoms with van der Waals surface area (Å²) in [5, 5.41) is 2.05. The standard InChI is InChI=1S/C15H14O2S/c1-11(9-15(16)17-2)12-5-3-6-13(10-12)14-7-4-8-18-14/h3-10H,1-2H3/b11-9+. The summed E-state index contributed by atoms with van der Waals surface area (Å²) < 4.78 is 4.63. The Kier molecular flexibility index (Phi) is 3.95. The summed E-state index contributed by atoms with van der Waals surface area (Å²) in [6, 6.07) is 12.3. The number of carbonyl (C=O) groups excluding carboxylic acids is 1. The molecular formula is C15H14O2S. The van der Waals surface area contributed by atoms with Crippen molar-refractivity contribution in [3.8, 4) is 10.4 Å². The van der Waals surface area contributed by atoms with Gasteiger partial charge >= 0.3 is 5.97 Å². The van der Waals surface area contributed by atoms with Crippen LogP contribution in [0.4, 0.5) is 0 Å². The first kappa shape index (κ1) is 12.6. The molecule has 0 saturated carbocycles. The van der Waals surface area contributed by atoms with Gasteiger partial charge in [0.25, 0.3) is 0 Å². The number of esters is 1. The molecule has 0 N–H and O–H groups in total. The van der Waals surface area contributed by atoms with E-state index in [4.69, 9.17) is 0 Å². The Morgan fingerprint density at radius 2 is 2.11 bits per heavy atom. The number of hydrogen-bond donors (Lipinski definition) is 0. The van der Waals surface area contributed by atoms with E-state index in [1.54, 1.807) is 11.3 Å². The Morgan fingerprint density at radius 1 is 1.28 bits per heavy atom. The zero-order valence-electron chi connectivity index (χ0n) is 10.3. The molecule has 0 fully saturated rings. The van der Waals surface area contributed by atoms with Crippen LogP contribution >= 0.6 is 11.3 Å². The van der Waals surface area contributed by atoms with Crippen molar-refractivity contribution < 1.29 is 9.53 Å². The molecule has 3 heteroatoms. The summed E-state index contributed by atoms with van der Waals surface area (Å²) in [6.45, 7) is 1.91. The van der Waals surface area contributed by atoms with Crippen molar-refractivity contribution in [2.45, 2.75) is 6.92 Å². The van der Waals surface area contributed by atoms with Crippen molar-refractivity contribution in [3.05, 3.63) is 53.4 Å². The maximum Gasteiger partial charge on any atom is 0.330 e. The van der Waals surface area contributed by atoms with Crippen LogP contribution in [-0.2, 0) is 9.53 Å². The van der Waals surface area contributed by atoms with Crippen LogP contribution in [0.1, 0.15) is 12.5 Å². The number of allylic oxidation sites excluding steroid dienone is 1. The highest BCUT2D eigenvalue weighted by Gasteiger charge is 2.03. The summed E-state index contributed by atoms with van der Waals surface area (Å²) in [5.74, 6) is -0.325. The number of benzene rings is 1. The van der Waals surface area contributed by atoms with Gasteiger partial charge in [-0.05, 0) is 41.1 Å². The van der Waals surface area contributed by atoms with E-state index < -0.39 is 0 Å². The van der Waals surface area contributed by atoms with Crippen LogP contribution in [-0.4, -0.2) is 13.1 Å². The molecule has 2 aromatic rings. The maximum atomic E-state index is 11.2. The van der Waals surface area contributed by atoms with Gasteiger partial charge in [0, 0.05) is 11.0 Å². The lowest BCUT2D eigenvalue weighted by molar-refractivity contribution is -0.134. The molecular weight excluding hydrogens is 244 g/mol. The molecule has 0 radical (unpaired) electrons. The Morgan fingerprint density at radius 3 is 2.78 bits per heavy atom. The van der Waals surface area contributed by atoms with Crippen LogP contribution in [0.5, 0.6) is 0 Å².